The fourth-order valence-corrected chi connectivity index (χ4v) is 4.86. The molecule has 3 aromatic rings. The van der Waals surface area contributed by atoms with Crippen LogP contribution in [0.15, 0.2) is 72.3 Å². The monoisotopic (exact) mass is 528 g/mol. The van der Waals surface area contributed by atoms with Gasteiger partial charge in [0.1, 0.15) is 12.4 Å². The number of benzene rings is 3. The maximum absolute atomic E-state index is 13.4. The zero-order valence-corrected chi connectivity index (χ0v) is 23.2. The van der Waals surface area contributed by atoms with Gasteiger partial charge in [-0.2, -0.15) is 0 Å². The van der Waals surface area contributed by atoms with E-state index in [1.807, 2.05) is 87.4 Å². The van der Waals surface area contributed by atoms with Crippen molar-refractivity contribution in [2.24, 2.45) is 0 Å². The Kier molecular flexibility index (Phi) is 8.72. The minimum absolute atomic E-state index is 0.0820. The van der Waals surface area contributed by atoms with E-state index in [9.17, 15) is 14.7 Å². The second-order valence-corrected chi connectivity index (χ2v) is 10.2. The van der Waals surface area contributed by atoms with E-state index in [1.165, 1.54) is 0 Å². The summed E-state index contributed by atoms with van der Waals surface area (Å²) >= 11 is 0. The molecule has 204 valence electrons. The highest BCUT2D eigenvalue weighted by Crippen LogP contribution is 2.42. The van der Waals surface area contributed by atoms with Crippen LogP contribution in [-0.2, 0) is 16.2 Å². The minimum atomic E-state index is -0.760. The first-order valence-electron chi connectivity index (χ1n) is 13.1. The standard InChI is InChI=1S/C32H36N2O5/c1-21-12-13-22(2)25(18-21)30(35)28-29(34(32(37)31(28)36)17-9-16-33(3)4)24-14-15-26(27(19-24)38-5)39-20-23-10-7-6-8-11-23/h6-8,10-15,18-19,29,35H,9,16-17,20H2,1-5H3. The highest BCUT2D eigenvalue weighted by Gasteiger charge is 2.46. The number of ether oxygens (including phenoxy) is 2. The molecule has 0 bridgehead atoms. The SMILES string of the molecule is COc1cc(C2C(=C(O)c3cc(C)ccc3C)C(=O)C(=O)N2CCCN(C)C)ccc1OCc1ccccc1. The molecule has 0 aliphatic carbocycles. The van der Waals surface area contributed by atoms with E-state index < -0.39 is 17.7 Å². The highest BCUT2D eigenvalue weighted by molar-refractivity contribution is 6.46. The zero-order valence-electron chi connectivity index (χ0n) is 23.2. The van der Waals surface area contributed by atoms with E-state index in [2.05, 4.69) is 0 Å². The van der Waals surface area contributed by atoms with Gasteiger partial charge in [-0.05, 0) is 75.8 Å². The van der Waals surface area contributed by atoms with Gasteiger partial charge in [0.05, 0.1) is 18.7 Å². The minimum Gasteiger partial charge on any atom is -0.507 e. The van der Waals surface area contributed by atoms with E-state index in [0.29, 0.717) is 42.2 Å². The Labute approximate surface area is 230 Å². The quantitative estimate of drug-likeness (QED) is 0.220. The number of carbonyl (C=O) groups is 2. The molecule has 4 rings (SSSR count). The lowest BCUT2D eigenvalue weighted by Gasteiger charge is -2.26. The van der Waals surface area contributed by atoms with Gasteiger partial charge in [-0.3, -0.25) is 9.59 Å². The van der Waals surface area contributed by atoms with Gasteiger partial charge in [-0.25, -0.2) is 0 Å². The lowest BCUT2D eigenvalue weighted by molar-refractivity contribution is -0.139. The number of likely N-dealkylation sites (tertiary alicyclic amines) is 1. The van der Waals surface area contributed by atoms with Crippen LogP contribution in [0.5, 0.6) is 11.5 Å². The van der Waals surface area contributed by atoms with Gasteiger partial charge in [-0.1, -0.05) is 54.1 Å². The first-order valence-corrected chi connectivity index (χ1v) is 13.1. The van der Waals surface area contributed by atoms with Gasteiger partial charge >= 0.3 is 0 Å². The van der Waals surface area contributed by atoms with Gasteiger partial charge in [0.25, 0.3) is 11.7 Å². The summed E-state index contributed by atoms with van der Waals surface area (Å²) in [6, 6.07) is 20.1. The van der Waals surface area contributed by atoms with E-state index in [0.717, 1.165) is 23.2 Å². The van der Waals surface area contributed by atoms with Crippen molar-refractivity contribution in [3.8, 4) is 11.5 Å². The highest BCUT2D eigenvalue weighted by atomic mass is 16.5. The number of rotatable bonds is 10. The molecule has 3 aromatic carbocycles. The van der Waals surface area contributed by atoms with Gasteiger partial charge in [-0.15, -0.1) is 0 Å². The first kappa shape index (κ1) is 27.9. The third kappa shape index (κ3) is 6.15. The number of hydrogen-bond donors (Lipinski definition) is 1. The van der Waals surface area contributed by atoms with Crippen LogP contribution in [0.1, 0.15) is 40.3 Å². The lowest BCUT2D eigenvalue weighted by atomic mass is 9.93. The molecule has 7 nitrogen and oxygen atoms in total. The second kappa shape index (κ2) is 12.2. The fourth-order valence-electron chi connectivity index (χ4n) is 4.86. The van der Waals surface area contributed by atoms with Crippen LogP contribution in [-0.4, -0.2) is 60.9 Å². The third-order valence-corrected chi connectivity index (χ3v) is 6.93. The Morgan fingerprint density at radius 1 is 0.974 bits per heavy atom. The van der Waals surface area contributed by atoms with Crippen molar-refractivity contribution in [2.75, 3.05) is 34.3 Å². The number of amides is 1. The average Bonchev–Trinajstić information content (AvgIpc) is 3.18. The molecule has 1 aliphatic rings. The Balaban J connectivity index is 1.77. The topological polar surface area (TPSA) is 79.3 Å². The van der Waals surface area contributed by atoms with Crippen LogP contribution >= 0.6 is 0 Å². The van der Waals surface area contributed by atoms with Crippen LogP contribution in [0.3, 0.4) is 0 Å². The van der Waals surface area contributed by atoms with Gasteiger partial charge in [0, 0.05) is 12.1 Å². The first-order chi connectivity index (χ1) is 18.7. The average molecular weight is 529 g/mol. The number of aliphatic hydroxyl groups excluding tert-OH is 1. The summed E-state index contributed by atoms with van der Waals surface area (Å²) in [5.74, 6) is -0.447. The van der Waals surface area contributed by atoms with Crippen molar-refractivity contribution in [1.82, 2.24) is 9.80 Å². The Hall–Kier alpha value is -4.10. The summed E-state index contributed by atoms with van der Waals surface area (Å²) in [4.78, 5) is 30.3. The van der Waals surface area contributed by atoms with Crippen LogP contribution in [0, 0.1) is 13.8 Å². The molecule has 7 heteroatoms. The van der Waals surface area contributed by atoms with Gasteiger partial charge in [0.2, 0.25) is 0 Å². The zero-order chi connectivity index (χ0) is 28.1. The Morgan fingerprint density at radius 3 is 2.41 bits per heavy atom. The van der Waals surface area contributed by atoms with Gasteiger partial charge < -0.3 is 24.4 Å². The van der Waals surface area contributed by atoms with Crippen molar-refractivity contribution in [2.45, 2.75) is 32.9 Å². The number of Topliss-reactive ketones (excluding diaryl/α,β-unsaturated/α-hetero) is 1. The second-order valence-electron chi connectivity index (χ2n) is 10.2. The lowest BCUT2D eigenvalue weighted by Crippen LogP contribution is -2.32. The van der Waals surface area contributed by atoms with Crippen molar-refractivity contribution < 1.29 is 24.2 Å². The number of carbonyl (C=O) groups excluding carboxylic acids is 2. The predicted octanol–water partition coefficient (Wildman–Crippen LogP) is 5.26. The molecular formula is C32H36N2O5. The Bertz CT molecular complexity index is 1380. The maximum Gasteiger partial charge on any atom is 0.295 e. The van der Waals surface area contributed by atoms with Crippen molar-refractivity contribution in [1.29, 1.82) is 0 Å². The number of hydrogen-bond acceptors (Lipinski definition) is 6. The number of ketones is 1. The summed E-state index contributed by atoms with van der Waals surface area (Å²) in [5, 5.41) is 11.5. The predicted molar refractivity (Wildman–Crippen MR) is 152 cm³/mol. The summed E-state index contributed by atoms with van der Waals surface area (Å²) in [6.07, 6.45) is 0.676. The molecule has 0 spiro atoms. The van der Waals surface area contributed by atoms with Crippen molar-refractivity contribution in [3.63, 3.8) is 0 Å². The van der Waals surface area contributed by atoms with E-state index in [-0.39, 0.29) is 11.3 Å². The van der Waals surface area contributed by atoms with Gasteiger partial charge in [0.15, 0.2) is 11.5 Å². The molecule has 0 saturated carbocycles. The van der Waals surface area contributed by atoms with E-state index in [4.69, 9.17) is 9.47 Å². The molecule has 1 saturated heterocycles. The van der Waals surface area contributed by atoms with Crippen molar-refractivity contribution >= 4 is 17.4 Å². The van der Waals surface area contributed by atoms with Crippen LogP contribution in [0.2, 0.25) is 0 Å². The number of methoxy groups -OCH3 is 1. The molecule has 39 heavy (non-hydrogen) atoms. The molecular weight excluding hydrogens is 492 g/mol. The molecule has 0 radical (unpaired) electrons. The van der Waals surface area contributed by atoms with Crippen molar-refractivity contribution in [3.05, 3.63) is 100 Å². The summed E-state index contributed by atoms with van der Waals surface area (Å²) in [5.41, 5.74) is 4.07. The van der Waals surface area contributed by atoms with Crippen LogP contribution in [0.4, 0.5) is 0 Å². The normalized spacial score (nSPS) is 16.7. The molecule has 1 fully saturated rings. The molecule has 1 atom stereocenters. The number of aryl methyl sites for hydroxylation is 2. The van der Waals surface area contributed by atoms with Crippen LogP contribution < -0.4 is 9.47 Å². The number of aliphatic hydroxyl groups is 1. The molecule has 1 unspecified atom stereocenters. The van der Waals surface area contributed by atoms with Crippen LogP contribution in [0.25, 0.3) is 5.76 Å². The largest absolute Gasteiger partial charge is 0.507 e. The molecule has 1 aliphatic heterocycles. The fraction of sp³-hybridized carbons (Fsp3) is 0.312. The summed E-state index contributed by atoms with van der Waals surface area (Å²) in [7, 11) is 5.48. The molecule has 1 heterocycles. The molecule has 1 amide bonds. The summed E-state index contributed by atoms with van der Waals surface area (Å²) in [6.45, 7) is 5.28. The third-order valence-electron chi connectivity index (χ3n) is 6.93. The molecule has 0 aromatic heterocycles. The maximum atomic E-state index is 13.4. The van der Waals surface area contributed by atoms with E-state index >= 15 is 0 Å². The molecule has 1 N–H and O–H groups in total. The van der Waals surface area contributed by atoms with E-state index in [1.54, 1.807) is 24.1 Å². The summed E-state index contributed by atoms with van der Waals surface area (Å²) < 4.78 is 11.7. The smallest absolute Gasteiger partial charge is 0.295 e. The Morgan fingerprint density at radius 2 is 1.72 bits per heavy atom. The number of nitrogens with zero attached hydrogens (tertiary/aromatic N) is 2.